The molecule has 0 spiro atoms. The van der Waals surface area contributed by atoms with Crippen LogP contribution in [0.5, 0.6) is 11.5 Å². The Hall–Kier alpha value is -2.28. The number of quaternary nitrogens is 1. The Morgan fingerprint density at radius 2 is 2.20 bits per heavy atom. The summed E-state index contributed by atoms with van der Waals surface area (Å²) in [6, 6.07) is 5.70. The summed E-state index contributed by atoms with van der Waals surface area (Å²) >= 11 is 0. The summed E-state index contributed by atoms with van der Waals surface area (Å²) in [7, 11) is 3.27. The zero-order valence-electron chi connectivity index (χ0n) is 14.8. The zero-order valence-corrected chi connectivity index (χ0v) is 14.8. The Kier molecular flexibility index (Phi) is 5.43. The van der Waals surface area contributed by atoms with E-state index in [2.05, 4.69) is 5.32 Å². The maximum absolute atomic E-state index is 12.9. The van der Waals surface area contributed by atoms with Crippen LogP contribution in [0.2, 0.25) is 0 Å². The summed E-state index contributed by atoms with van der Waals surface area (Å²) < 4.78 is 10.8. The van der Waals surface area contributed by atoms with Crippen molar-refractivity contribution < 1.29 is 24.0 Å². The van der Waals surface area contributed by atoms with Crippen molar-refractivity contribution in [3.63, 3.8) is 0 Å². The number of hydrogen-bond donors (Lipinski definition) is 2. The number of nitrogens with zero attached hydrogens (tertiary/aromatic N) is 1. The van der Waals surface area contributed by atoms with Gasteiger partial charge in [0.1, 0.15) is 11.5 Å². The van der Waals surface area contributed by atoms with Crippen molar-refractivity contribution in [2.24, 2.45) is 0 Å². The van der Waals surface area contributed by atoms with E-state index in [9.17, 15) is 9.59 Å². The quantitative estimate of drug-likeness (QED) is 0.744. The number of benzene rings is 1. The lowest BCUT2D eigenvalue weighted by Gasteiger charge is -2.29. The summed E-state index contributed by atoms with van der Waals surface area (Å²) in [6.07, 6.45) is 1.87. The van der Waals surface area contributed by atoms with Crippen LogP contribution >= 0.6 is 0 Å². The standard InChI is InChI=1S/C18H25N3O4/c1-24-13-5-6-16(25-2)14(10-13)15-4-3-8-21(15)18(23)12-20-9-7-19-17(22)11-20/h5-6,10,15H,3-4,7-9,11-12H2,1-2H3,(H,19,22)/p+1/t15-/m0/s1. The van der Waals surface area contributed by atoms with E-state index in [-0.39, 0.29) is 17.9 Å². The summed E-state index contributed by atoms with van der Waals surface area (Å²) in [6.45, 7) is 2.89. The Balaban J connectivity index is 1.76. The van der Waals surface area contributed by atoms with Gasteiger partial charge >= 0.3 is 0 Å². The lowest BCUT2D eigenvalue weighted by atomic mass is 10.0. The predicted molar refractivity (Wildman–Crippen MR) is 91.8 cm³/mol. The van der Waals surface area contributed by atoms with Crippen LogP contribution in [0.1, 0.15) is 24.4 Å². The number of nitrogens with one attached hydrogen (secondary N) is 2. The molecule has 3 rings (SSSR count). The van der Waals surface area contributed by atoms with Crippen molar-refractivity contribution in [1.82, 2.24) is 10.2 Å². The summed E-state index contributed by atoms with van der Waals surface area (Å²) in [5, 5.41) is 2.80. The molecule has 2 N–H and O–H groups in total. The third-order valence-electron chi connectivity index (χ3n) is 4.98. The van der Waals surface area contributed by atoms with Gasteiger partial charge in [-0.05, 0) is 31.0 Å². The summed E-state index contributed by atoms with van der Waals surface area (Å²) in [5.41, 5.74) is 0.985. The second-order valence-electron chi connectivity index (χ2n) is 6.56. The summed E-state index contributed by atoms with van der Waals surface area (Å²) in [4.78, 5) is 27.3. The minimum Gasteiger partial charge on any atom is -0.497 e. The van der Waals surface area contributed by atoms with Crippen LogP contribution in [0.4, 0.5) is 0 Å². The molecule has 2 aliphatic heterocycles. The highest BCUT2D eigenvalue weighted by Crippen LogP contribution is 2.38. The number of rotatable bonds is 5. The van der Waals surface area contributed by atoms with Crippen molar-refractivity contribution >= 4 is 11.8 Å². The molecule has 1 aromatic rings. The smallest absolute Gasteiger partial charge is 0.278 e. The molecule has 0 aromatic heterocycles. The van der Waals surface area contributed by atoms with Gasteiger partial charge in [-0.2, -0.15) is 0 Å². The molecule has 2 atom stereocenters. The van der Waals surface area contributed by atoms with Gasteiger partial charge in [-0.1, -0.05) is 0 Å². The van der Waals surface area contributed by atoms with E-state index in [1.807, 2.05) is 23.1 Å². The molecule has 1 aromatic carbocycles. The Bertz CT molecular complexity index is 649. The fourth-order valence-corrected chi connectivity index (χ4v) is 3.71. The number of piperazine rings is 1. The minimum absolute atomic E-state index is 0.00410. The van der Waals surface area contributed by atoms with Crippen molar-refractivity contribution in [2.45, 2.75) is 18.9 Å². The highest BCUT2D eigenvalue weighted by atomic mass is 16.5. The molecule has 2 amide bonds. The number of amides is 2. The molecule has 2 heterocycles. The lowest BCUT2D eigenvalue weighted by Crippen LogP contribution is -3.16. The molecule has 7 heteroatoms. The topological polar surface area (TPSA) is 72.3 Å². The van der Waals surface area contributed by atoms with Crippen LogP contribution in [-0.4, -0.2) is 63.7 Å². The molecule has 136 valence electrons. The van der Waals surface area contributed by atoms with Crippen LogP contribution in [-0.2, 0) is 9.59 Å². The van der Waals surface area contributed by atoms with Crippen LogP contribution in [0.25, 0.3) is 0 Å². The van der Waals surface area contributed by atoms with Gasteiger partial charge in [0.2, 0.25) is 0 Å². The second kappa shape index (κ2) is 7.74. The molecule has 0 bridgehead atoms. The number of carbonyl (C=O) groups excluding carboxylic acids is 2. The number of carbonyl (C=O) groups is 2. The average Bonchev–Trinajstić information content (AvgIpc) is 3.11. The van der Waals surface area contributed by atoms with Gasteiger partial charge < -0.3 is 24.6 Å². The highest BCUT2D eigenvalue weighted by Gasteiger charge is 2.34. The fourth-order valence-electron chi connectivity index (χ4n) is 3.71. The Labute approximate surface area is 147 Å². The van der Waals surface area contributed by atoms with Gasteiger partial charge in [0.05, 0.1) is 33.4 Å². The number of hydrogen-bond acceptors (Lipinski definition) is 4. The van der Waals surface area contributed by atoms with E-state index in [1.54, 1.807) is 14.2 Å². The first kappa shape index (κ1) is 17.5. The van der Waals surface area contributed by atoms with Crippen LogP contribution in [0, 0.1) is 0 Å². The van der Waals surface area contributed by atoms with Crippen molar-refractivity contribution in [3.05, 3.63) is 23.8 Å². The number of methoxy groups -OCH3 is 2. The van der Waals surface area contributed by atoms with Crippen molar-refractivity contribution in [1.29, 1.82) is 0 Å². The van der Waals surface area contributed by atoms with E-state index in [0.717, 1.165) is 47.9 Å². The molecule has 2 fully saturated rings. The van der Waals surface area contributed by atoms with E-state index in [0.29, 0.717) is 19.6 Å². The maximum Gasteiger partial charge on any atom is 0.278 e. The molecule has 7 nitrogen and oxygen atoms in total. The third-order valence-corrected chi connectivity index (χ3v) is 4.98. The first-order valence-corrected chi connectivity index (χ1v) is 8.74. The van der Waals surface area contributed by atoms with E-state index in [4.69, 9.17) is 9.47 Å². The lowest BCUT2D eigenvalue weighted by molar-refractivity contribution is -0.885. The predicted octanol–water partition coefficient (Wildman–Crippen LogP) is -0.618. The molecular weight excluding hydrogens is 322 g/mol. The van der Waals surface area contributed by atoms with Crippen LogP contribution in [0.3, 0.4) is 0 Å². The van der Waals surface area contributed by atoms with Gasteiger partial charge in [-0.25, -0.2) is 0 Å². The van der Waals surface area contributed by atoms with Gasteiger partial charge in [0.25, 0.3) is 11.8 Å². The SMILES string of the molecule is COc1ccc(OC)c([C@@H]2CCCN2C(=O)C[NH+]2CCNC(=O)C2)c1. The monoisotopic (exact) mass is 348 g/mol. The van der Waals surface area contributed by atoms with Crippen LogP contribution in [0.15, 0.2) is 18.2 Å². The first-order chi connectivity index (χ1) is 12.1. The first-order valence-electron chi connectivity index (χ1n) is 8.74. The second-order valence-corrected chi connectivity index (χ2v) is 6.56. The summed E-state index contributed by atoms with van der Waals surface area (Å²) in [5.74, 6) is 1.64. The highest BCUT2D eigenvalue weighted by molar-refractivity contribution is 5.80. The van der Waals surface area contributed by atoms with Gasteiger partial charge in [-0.15, -0.1) is 0 Å². The molecule has 2 aliphatic rings. The normalized spacial score (nSPS) is 23.3. The van der Waals surface area contributed by atoms with E-state index >= 15 is 0 Å². The van der Waals surface area contributed by atoms with E-state index < -0.39 is 0 Å². The van der Waals surface area contributed by atoms with Gasteiger partial charge in [0, 0.05) is 12.1 Å². The minimum atomic E-state index is -0.00410. The third kappa shape index (κ3) is 3.87. The van der Waals surface area contributed by atoms with Gasteiger partial charge in [0.15, 0.2) is 13.1 Å². The fraction of sp³-hybridized carbons (Fsp3) is 0.556. The molecule has 0 aliphatic carbocycles. The molecule has 0 radical (unpaired) electrons. The largest absolute Gasteiger partial charge is 0.497 e. The maximum atomic E-state index is 12.9. The Morgan fingerprint density at radius 1 is 1.36 bits per heavy atom. The van der Waals surface area contributed by atoms with Crippen molar-refractivity contribution in [2.75, 3.05) is 46.9 Å². The number of ether oxygens (including phenoxy) is 2. The van der Waals surface area contributed by atoms with Gasteiger partial charge in [-0.3, -0.25) is 9.59 Å². The molecule has 0 saturated carbocycles. The average molecular weight is 348 g/mol. The van der Waals surface area contributed by atoms with E-state index in [1.165, 1.54) is 0 Å². The molecule has 2 saturated heterocycles. The van der Waals surface area contributed by atoms with Crippen LogP contribution < -0.4 is 19.7 Å². The molecular formula is C18H26N3O4+. The zero-order chi connectivity index (χ0) is 17.8. The number of likely N-dealkylation sites (tertiary alicyclic amines) is 1. The Morgan fingerprint density at radius 3 is 2.92 bits per heavy atom. The molecule has 1 unspecified atom stereocenters. The van der Waals surface area contributed by atoms with Crippen molar-refractivity contribution in [3.8, 4) is 11.5 Å². The molecule has 25 heavy (non-hydrogen) atoms.